The predicted octanol–water partition coefficient (Wildman–Crippen LogP) is 2.72. The van der Waals surface area contributed by atoms with Gasteiger partial charge in [0.15, 0.2) is 5.78 Å². The molecule has 0 aromatic heterocycles. The van der Waals surface area contributed by atoms with Crippen molar-refractivity contribution in [2.75, 3.05) is 0 Å². The van der Waals surface area contributed by atoms with E-state index in [1.807, 2.05) is 27.7 Å². The van der Waals surface area contributed by atoms with Crippen molar-refractivity contribution in [3.8, 4) is 0 Å². The third kappa shape index (κ3) is 3.79. The van der Waals surface area contributed by atoms with E-state index in [1.165, 1.54) is 32.9 Å². The minimum atomic E-state index is -1.94. The predicted molar refractivity (Wildman–Crippen MR) is 139 cm³/mol. The molecule has 4 rings (SSSR count). The molecular formula is C30H46O7. The molecule has 0 amide bonds. The lowest BCUT2D eigenvalue weighted by molar-refractivity contribution is -0.186. The van der Waals surface area contributed by atoms with Gasteiger partial charge in [-0.2, -0.15) is 0 Å². The van der Waals surface area contributed by atoms with Gasteiger partial charge in [-0.25, -0.2) is 0 Å². The Hall–Kier alpha value is -1.38. The van der Waals surface area contributed by atoms with Crippen molar-refractivity contribution in [1.29, 1.82) is 0 Å². The van der Waals surface area contributed by atoms with Crippen LogP contribution in [0.4, 0.5) is 0 Å². The molecule has 7 heteroatoms. The number of fused-ring (bicyclic) bond motifs is 5. The summed E-state index contributed by atoms with van der Waals surface area (Å²) in [7, 11) is 0. The molecule has 0 radical (unpaired) electrons. The van der Waals surface area contributed by atoms with E-state index >= 15 is 0 Å². The minimum absolute atomic E-state index is 0.0156. The first kappa shape index (κ1) is 28.6. The number of aliphatic hydroxyl groups excluding tert-OH is 3. The van der Waals surface area contributed by atoms with Crippen molar-refractivity contribution >= 4 is 11.6 Å². The number of hydrogen-bond acceptors (Lipinski definition) is 7. The van der Waals surface area contributed by atoms with Crippen LogP contribution < -0.4 is 0 Å². The summed E-state index contributed by atoms with van der Waals surface area (Å²) in [6, 6.07) is 0. The van der Waals surface area contributed by atoms with Gasteiger partial charge in [-0.1, -0.05) is 52.3 Å². The van der Waals surface area contributed by atoms with Crippen LogP contribution in [0.15, 0.2) is 23.8 Å². The first-order valence-corrected chi connectivity index (χ1v) is 13.6. The fourth-order valence-corrected chi connectivity index (χ4v) is 9.15. The van der Waals surface area contributed by atoms with Gasteiger partial charge in [0, 0.05) is 23.2 Å². The zero-order valence-electron chi connectivity index (χ0n) is 23.6. The number of carbonyl (C=O) groups excluding carboxylic acids is 2. The fraction of sp³-hybridized carbons (Fsp3) is 0.800. The Bertz CT molecular complexity index is 1050. The monoisotopic (exact) mass is 518 g/mol. The van der Waals surface area contributed by atoms with Gasteiger partial charge < -0.3 is 25.5 Å². The van der Waals surface area contributed by atoms with E-state index in [0.717, 1.165) is 5.57 Å². The number of allylic oxidation sites excluding steroid dienone is 1. The summed E-state index contributed by atoms with van der Waals surface area (Å²) in [6.45, 7) is 14.3. The molecule has 3 saturated carbocycles. The van der Waals surface area contributed by atoms with Gasteiger partial charge in [0.2, 0.25) is 0 Å². The molecule has 4 aliphatic carbocycles. The summed E-state index contributed by atoms with van der Waals surface area (Å²) in [5, 5.41) is 54.6. The van der Waals surface area contributed by atoms with Crippen LogP contribution >= 0.6 is 0 Å². The molecule has 0 saturated heterocycles. The Labute approximate surface area is 220 Å². The smallest absolute Gasteiger partial charge is 0.187 e. The van der Waals surface area contributed by atoms with Gasteiger partial charge in [-0.3, -0.25) is 9.59 Å². The minimum Gasteiger partial charge on any atom is -0.393 e. The number of aliphatic hydroxyl groups is 5. The van der Waals surface area contributed by atoms with Crippen LogP contribution in [0, 0.1) is 39.4 Å². The lowest BCUT2D eigenvalue weighted by Crippen LogP contribution is -2.65. The molecule has 0 aromatic carbocycles. The molecule has 0 heterocycles. The summed E-state index contributed by atoms with van der Waals surface area (Å²) in [5.41, 5.74) is -5.07. The maximum Gasteiger partial charge on any atom is 0.187 e. The molecule has 10 atom stereocenters. The molecule has 0 aromatic rings. The van der Waals surface area contributed by atoms with E-state index in [4.69, 9.17) is 0 Å². The van der Waals surface area contributed by atoms with E-state index < -0.39 is 62.9 Å². The quantitative estimate of drug-likeness (QED) is 0.285. The second-order valence-corrected chi connectivity index (χ2v) is 14.4. The molecule has 0 spiro atoms. The molecule has 37 heavy (non-hydrogen) atoms. The summed E-state index contributed by atoms with van der Waals surface area (Å²) < 4.78 is 0. The highest BCUT2D eigenvalue weighted by Gasteiger charge is 2.74. The summed E-state index contributed by atoms with van der Waals surface area (Å²) in [4.78, 5) is 27.4. The molecular weight excluding hydrogens is 472 g/mol. The third-order valence-corrected chi connectivity index (χ3v) is 11.4. The van der Waals surface area contributed by atoms with Crippen molar-refractivity contribution in [1.82, 2.24) is 0 Å². The van der Waals surface area contributed by atoms with Gasteiger partial charge in [0.1, 0.15) is 11.4 Å². The van der Waals surface area contributed by atoms with Crippen molar-refractivity contribution in [2.24, 2.45) is 39.4 Å². The standard InChI is InChI=1S/C30H46O7/c1-25(2,36)12-11-21(33)30(8,37)23-19(32)14-27(5)20-10-9-16-17(13-18(31)24(35)26(16,3)4)29(20,7)22(34)15-28(23,27)6/h9,11-12,17-20,23-24,31-32,35-37H,10,13-15H2,1-8H3/b12-11+/t17-,18+,19+,20+,23+,24-,27+,28-,29+,30+/m1/s1. The molecule has 3 fully saturated rings. The Kier molecular flexibility index (Phi) is 6.43. The second kappa shape index (κ2) is 8.31. The van der Waals surface area contributed by atoms with E-state index in [1.54, 1.807) is 0 Å². The number of hydrogen-bond donors (Lipinski definition) is 5. The average molecular weight is 519 g/mol. The maximum absolute atomic E-state index is 14.2. The van der Waals surface area contributed by atoms with Crippen molar-refractivity contribution in [2.45, 2.75) is 111 Å². The molecule has 5 N–H and O–H groups in total. The first-order valence-electron chi connectivity index (χ1n) is 13.6. The molecule has 0 aliphatic heterocycles. The fourth-order valence-electron chi connectivity index (χ4n) is 9.15. The SMILES string of the molecule is CC(C)(O)/C=C/C(=O)[C@](C)(O)[C@H]1[C@@H](O)C[C@@]2(C)[C@@H]3CC=C4[C@@H](C[C@H](O)[C@@H](O)C4(C)C)[C@]3(C)C(=O)C[C@]12C. The number of rotatable bonds is 4. The number of ketones is 2. The van der Waals surface area contributed by atoms with Crippen molar-refractivity contribution in [3.05, 3.63) is 23.8 Å². The highest BCUT2D eigenvalue weighted by Crippen LogP contribution is 2.74. The van der Waals surface area contributed by atoms with E-state index in [2.05, 4.69) is 13.0 Å². The Morgan fingerprint density at radius 2 is 1.59 bits per heavy atom. The normalized spacial score (nSPS) is 47.1. The molecule has 4 aliphatic rings. The summed E-state index contributed by atoms with van der Waals surface area (Å²) >= 11 is 0. The highest BCUT2D eigenvalue weighted by molar-refractivity contribution is 5.97. The molecule has 0 unspecified atom stereocenters. The van der Waals surface area contributed by atoms with Crippen LogP contribution in [-0.4, -0.2) is 66.6 Å². The van der Waals surface area contributed by atoms with Crippen LogP contribution in [0.3, 0.4) is 0 Å². The van der Waals surface area contributed by atoms with Crippen molar-refractivity contribution < 1.29 is 35.1 Å². The van der Waals surface area contributed by atoms with Crippen LogP contribution in [0.1, 0.15) is 81.1 Å². The lowest BCUT2D eigenvalue weighted by Gasteiger charge is -2.65. The summed E-state index contributed by atoms with van der Waals surface area (Å²) in [6.07, 6.45) is 3.10. The lowest BCUT2D eigenvalue weighted by atomic mass is 9.38. The first-order chi connectivity index (χ1) is 16.7. The van der Waals surface area contributed by atoms with Crippen molar-refractivity contribution in [3.63, 3.8) is 0 Å². The maximum atomic E-state index is 14.2. The van der Waals surface area contributed by atoms with Gasteiger partial charge in [0.25, 0.3) is 0 Å². The number of carbonyl (C=O) groups is 2. The molecule has 208 valence electrons. The van der Waals surface area contributed by atoms with E-state index in [0.29, 0.717) is 19.3 Å². The molecule has 0 bridgehead atoms. The Balaban J connectivity index is 1.79. The zero-order valence-corrected chi connectivity index (χ0v) is 23.6. The zero-order chi connectivity index (χ0) is 28.1. The van der Waals surface area contributed by atoms with Crippen LogP contribution in [-0.2, 0) is 9.59 Å². The van der Waals surface area contributed by atoms with Crippen LogP contribution in [0.5, 0.6) is 0 Å². The average Bonchev–Trinajstić information content (AvgIpc) is 2.96. The Morgan fingerprint density at radius 3 is 2.16 bits per heavy atom. The van der Waals surface area contributed by atoms with Gasteiger partial charge in [-0.05, 0) is 68.8 Å². The number of Topliss-reactive ketones (excluding diaryl/α,β-unsaturated/α-hetero) is 1. The second-order valence-electron chi connectivity index (χ2n) is 14.4. The van der Waals surface area contributed by atoms with E-state index in [9.17, 15) is 35.1 Å². The Morgan fingerprint density at radius 1 is 1.00 bits per heavy atom. The largest absolute Gasteiger partial charge is 0.393 e. The third-order valence-electron chi connectivity index (χ3n) is 11.4. The van der Waals surface area contributed by atoms with Crippen LogP contribution in [0.25, 0.3) is 0 Å². The van der Waals surface area contributed by atoms with Gasteiger partial charge >= 0.3 is 0 Å². The van der Waals surface area contributed by atoms with Gasteiger partial charge in [-0.15, -0.1) is 0 Å². The van der Waals surface area contributed by atoms with E-state index in [-0.39, 0.29) is 24.0 Å². The van der Waals surface area contributed by atoms with Gasteiger partial charge in [0.05, 0.1) is 23.9 Å². The molecule has 7 nitrogen and oxygen atoms in total. The van der Waals surface area contributed by atoms with Crippen LogP contribution in [0.2, 0.25) is 0 Å². The summed E-state index contributed by atoms with van der Waals surface area (Å²) in [5.74, 6) is -1.88. The topological polar surface area (TPSA) is 135 Å². The highest BCUT2D eigenvalue weighted by atomic mass is 16.3.